The summed E-state index contributed by atoms with van der Waals surface area (Å²) < 4.78 is 22.8. The van der Waals surface area contributed by atoms with Crippen molar-refractivity contribution < 1.29 is 18.6 Å². The van der Waals surface area contributed by atoms with Gasteiger partial charge < -0.3 is 18.6 Å². The standard InChI is InChI=1S/C24H18Cl2O5/c1-28-20-9-5-15(11-21(20)29-2)23-24(30-13-14-3-6-16(25)7-4-14)22(27)18-12-17(26)8-10-19(18)31-23/h3-12H,13H2,1-2H3. The first-order valence-electron chi connectivity index (χ1n) is 9.36. The molecule has 0 amide bonds. The van der Waals surface area contributed by atoms with Crippen LogP contribution in [0.1, 0.15) is 5.56 Å². The van der Waals surface area contributed by atoms with E-state index in [1.807, 2.05) is 12.1 Å². The Bertz CT molecular complexity index is 1300. The quantitative estimate of drug-likeness (QED) is 0.337. The van der Waals surface area contributed by atoms with E-state index in [-0.39, 0.29) is 23.5 Å². The molecule has 0 bridgehead atoms. The van der Waals surface area contributed by atoms with Gasteiger partial charge in [0.05, 0.1) is 19.6 Å². The molecule has 0 N–H and O–H groups in total. The van der Waals surface area contributed by atoms with Gasteiger partial charge in [0.15, 0.2) is 17.3 Å². The molecule has 0 atom stereocenters. The third-order valence-corrected chi connectivity index (χ3v) is 5.24. The van der Waals surface area contributed by atoms with E-state index in [1.165, 1.54) is 7.11 Å². The van der Waals surface area contributed by atoms with Crippen molar-refractivity contribution in [2.75, 3.05) is 14.2 Å². The fraction of sp³-hybridized carbons (Fsp3) is 0.125. The van der Waals surface area contributed by atoms with Crippen LogP contribution in [0, 0.1) is 0 Å². The first-order valence-corrected chi connectivity index (χ1v) is 10.1. The Morgan fingerprint density at radius 1 is 0.839 bits per heavy atom. The minimum absolute atomic E-state index is 0.0805. The van der Waals surface area contributed by atoms with Crippen LogP contribution in [0.2, 0.25) is 10.0 Å². The number of methoxy groups -OCH3 is 2. The highest BCUT2D eigenvalue weighted by atomic mass is 35.5. The van der Waals surface area contributed by atoms with Crippen LogP contribution in [-0.4, -0.2) is 14.2 Å². The smallest absolute Gasteiger partial charge is 0.235 e. The third-order valence-electron chi connectivity index (χ3n) is 4.75. The minimum Gasteiger partial charge on any atom is -0.493 e. The van der Waals surface area contributed by atoms with Crippen molar-refractivity contribution in [3.63, 3.8) is 0 Å². The van der Waals surface area contributed by atoms with Crippen LogP contribution in [-0.2, 0) is 6.61 Å². The van der Waals surface area contributed by atoms with E-state index in [0.29, 0.717) is 38.1 Å². The number of hydrogen-bond donors (Lipinski definition) is 0. The molecule has 0 saturated heterocycles. The van der Waals surface area contributed by atoms with E-state index in [2.05, 4.69) is 0 Å². The first-order chi connectivity index (χ1) is 15.0. The topological polar surface area (TPSA) is 57.9 Å². The summed E-state index contributed by atoms with van der Waals surface area (Å²) in [5.41, 5.74) is 1.55. The lowest BCUT2D eigenvalue weighted by atomic mass is 10.1. The zero-order chi connectivity index (χ0) is 22.0. The Hall–Kier alpha value is -3.15. The van der Waals surface area contributed by atoms with E-state index in [4.69, 9.17) is 41.8 Å². The Labute approximate surface area is 188 Å². The fourth-order valence-corrected chi connectivity index (χ4v) is 3.48. The molecular formula is C24H18Cl2O5. The summed E-state index contributed by atoms with van der Waals surface area (Å²) in [6, 6.07) is 17.3. The second kappa shape index (κ2) is 8.92. The molecule has 7 heteroatoms. The van der Waals surface area contributed by atoms with Gasteiger partial charge in [-0.2, -0.15) is 0 Å². The molecule has 4 aromatic rings. The number of benzene rings is 3. The van der Waals surface area contributed by atoms with Crippen LogP contribution in [0.4, 0.5) is 0 Å². The summed E-state index contributed by atoms with van der Waals surface area (Å²) in [5.74, 6) is 1.43. The molecule has 0 radical (unpaired) electrons. The summed E-state index contributed by atoms with van der Waals surface area (Å²) in [5, 5.41) is 1.39. The number of halogens is 2. The number of ether oxygens (including phenoxy) is 3. The van der Waals surface area contributed by atoms with Crippen LogP contribution in [0.15, 0.2) is 69.9 Å². The maximum atomic E-state index is 13.3. The second-order valence-corrected chi connectivity index (χ2v) is 7.59. The number of fused-ring (bicyclic) bond motifs is 1. The molecular weight excluding hydrogens is 439 g/mol. The highest BCUT2D eigenvalue weighted by molar-refractivity contribution is 6.31. The first kappa shape index (κ1) is 21.1. The fourth-order valence-electron chi connectivity index (χ4n) is 3.19. The molecule has 3 aromatic carbocycles. The molecule has 1 aromatic heterocycles. The Balaban J connectivity index is 1.86. The number of rotatable bonds is 6. The summed E-state index contributed by atoms with van der Waals surface area (Å²) >= 11 is 12.0. The van der Waals surface area contributed by atoms with Crippen molar-refractivity contribution in [1.82, 2.24) is 0 Å². The van der Waals surface area contributed by atoms with Gasteiger partial charge in [0.1, 0.15) is 12.2 Å². The average Bonchev–Trinajstić information content (AvgIpc) is 2.79. The Kier molecular flexibility index (Phi) is 6.07. The van der Waals surface area contributed by atoms with Gasteiger partial charge in [-0.1, -0.05) is 35.3 Å². The van der Waals surface area contributed by atoms with E-state index in [0.717, 1.165) is 5.56 Å². The van der Waals surface area contributed by atoms with Gasteiger partial charge in [0.25, 0.3) is 0 Å². The summed E-state index contributed by atoms with van der Waals surface area (Å²) in [6.45, 7) is 0.161. The molecule has 31 heavy (non-hydrogen) atoms. The molecule has 0 aliphatic rings. The maximum absolute atomic E-state index is 13.3. The maximum Gasteiger partial charge on any atom is 0.235 e. The zero-order valence-corrected chi connectivity index (χ0v) is 18.3. The molecule has 0 aliphatic carbocycles. The van der Waals surface area contributed by atoms with Crippen LogP contribution in [0.3, 0.4) is 0 Å². The van der Waals surface area contributed by atoms with Gasteiger partial charge in [0, 0.05) is 15.6 Å². The largest absolute Gasteiger partial charge is 0.493 e. The molecule has 0 spiro atoms. The SMILES string of the molecule is COc1ccc(-c2oc3ccc(Cl)cc3c(=O)c2OCc2ccc(Cl)cc2)cc1OC. The van der Waals surface area contributed by atoms with Crippen LogP contribution in [0.25, 0.3) is 22.3 Å². The molecule has 1 heterocycles. The van der Waals surface area contributed by atoms with Crippen molar-refractivity contribution in [1.29, 1.82) is 0 Å². The molecule has 4 rings (SSSR count). The van der Waals surface area contributed by atoms with Crippen molar-refractivity contribution in [3.05, 3.63) is 86.5 Å². The van der Waals surface area contributed by atoms with Crippen molar-refractivity contribution in [2.45, 2.75) is 6.61 Å². The third kappa shape index (κ3) is 4.33. The average molecular weight is 457 g/mol. The van der Waals surface area contributed by atoms with E-state index >= 15 is 0 Å². The molecule has 5 nitrogen and oxygen atoms in total. The van der Waals surface area contributed by atoms with E-state index in [1.54, 1.807) is 55.6 Å². The molecule has 0 fully saturated rings. The van der Waals surface area contributed by atoms with Gasteiger partial charge in [-0.15, -0.1) is 0 Å². The summed E-state index contributed by atoms with van der Waals surface area (Å²) in [7, 11) is 3.09. The monoisotopic (exact) mass is 456 g/mol. The molecule has 0 aliphatic heterocycles. The Morgan fingerprint density at radius 3 is 2.26 bits per heavy atom. The zero-order valence-electron chi connectivity index (χ0n) is 16.8. The van der Waals surface area contributed by atoms with Crippen molar-refractivity contribution >= 4 is 34.2 Å². The normalized spacial score (nSPS) is 10.8. The van der Waals surface area contributed by atoms with Crippen LogP contribution < -0.4 is 19.6 Å². The molecule has 0 unspecified atom stereocenters. The summed E-state index contributed by atoms with van der Waals surface area (Å²) in [4.78, 5) is 13.3. The molecule has 0 saturated carbocycles. The van der Waals surface area contributed by atoms with Gasteiger partial charge in [-0.05, 0) is 54.1 Å². The van der Waals surface area contributed by atoms with E-state index < -0.39 is 0 Å². The van der Waals surface area contributed by atoms with E-state index in [9.17, 15) is 4.79 Å². The van der Waals surface area contributed by atoms with Crippen LogP contribution in [0.5, 0.6) is 17.2 Å². The summed E-state index contributed by atoms with van der Waals surface area (Å²) in [6.07, 6.45) is 0. The lowest BCUT2D eigenvalue weighted by Crippen LogP contribution is -2.10. The second-order valence-electron chi connectivity index (χ2n) is 6.71. The predicted molar refractivity (Wildman–Crippen MR) is 122 cm³/mol. The van der Waals surface area contributed by atoms with Gasteiger partial charge in [0.2, 0.25) is 11.2 Å². The van der Waals surface area contributed by atoms with Gasteiger partial charge >= 0.3 is 0 Å². The van der Waals surface area contributed by atoms with Gasteiger partial charge in [-0.25, -0.2) is 0 Å². The van der Waals surface area contributed by atoms with Crippen molar-refractivity contribution in [2.24, 2.45) is 0 Å². The highest BCUT2D eigenvalue weighted by Gasteiger charge is 2.20. The van der Waals surface area contributed by atoms with Crippen LogP contribution >= 0.6 is 23.2 Å². The predicted octanol–water partition coefficient (Wildman–Crippen LogP) is 6.36. The molecule has 158 valence electrons. The lowest BCUT2D eigenvalue weighted by Gasteiger charge is -2.14. The van der Waals surface area contributed by atoms with Crippen molar-refractivity contribution in [3.8, 4) is 28.6 Å². The van der Waals surface area contributed by atoms with Gasteiger partial charge in [-0.3, -0.25) is 4.79 Å². The Morgan fingerprint density at radius 2 is 1.55 bits per heavy atom. The lowest BCUT2D eigenvalue weighted by molar-refractivity contribution is 0.298. The number of hydrogen-bond acceptors (Lipinski definition) is 5. The highest BCUT2D eigenvalue weighted by Crippen LogP contribution is 2.37. The minimum atomic E-state index is -0.317.